The summed E-state index contributed by atoms with van der Waals surface area (Å²) in [7, 11) is 0. The van der Waals surface area contributed by atoms with E-state index in [-0.39, 0.29) is 23.5 Å². The van der Waals surface area contributed by atoms with Crippen LogP contribution in [0.25, 0.3) is 0 Å². The normalized spacial score (nSPS) is 11.6. The molecule has 0 saturated heterocycles. The topological polar surface area (TPSA) is 84.0 Å². The third-order valence-electron chi connectivity index (χ3n) is 2.20. The number of carbonyl (C=O) groups is 1. The van der Waals surface area contributed by atoms with Crippen LogP contribution in [0.1, 0.15) is 22.8 Å². The van der Waals surface area contributed by atoms with Crippen molar-refractivity contribution in [3.63, 3.8) is 0 Å². The summed E-state index contributed by atoms with van der Waals surface area (Å²) in [4.78, 5) is 21.6. The molecule has 0 heterocycles. The van der Waals surface area contributed by atoms with Crippen LogP contribution in [0.3, 0.4) is 0 Å². The maximum atomic E-state index is 11.9. The van der Waals surface area contributed by atoms with Crippen molar-refractivity contribution in [3.05, 3.63) is 39.4 Å². The molecule has 0 amide bonds. The van der Waals surface area contributed by atoms with Gasteiger partial charge in [-0.15, -0.1) is 0 Å². The molecule has 88 valence electrons. The van der Waals surface area contributed by atoms with Crippen molar-refractivity contribution in [2.75, 3.05) is 0 Å². The Balaban J connectivity index is 3.44. The van der Waals surface area contributed by atoms with Gasteiger partial charge in [-0.3, -0.25) is 14.9 Å². The Kier molecular flexibility index (Phi) is 4.35. The number of nitriles is 1. The highest BCUT2D eigenvalue weighted by Crippen LogP contribution is 2.25. The highest BCUT2D eigenvalue weighted by atomic mass is 79.9. The van der Waals surface area contributed by atoms with Crippen molar-refractivity contribution >= 4 is 27.4 Å². The lowest BCUT2D eigenvalue weighted by Gasteiger charge is -2.08. The Morgan fingerprint density at radius 2 is 2.29 bits per heavy atom. The van der Waals surface area contributed by atoms with E-state index in [0.717, 1.165) is 0 Å². The molecule has 17 heavy (non-hydrogen) atoms. The van der Waals surface area contributed by atoms with Gasteiger partial charge < -0.3 is 0 Å². The first-order valence-corrected chi connectivity index (χ1v) is 5.72. The van der Waals surface area contributed by atoms with Gasteiger partial charge in [0.25, 0.3) is 5.69 Å². The number of nitro benzene ring substituents is 1. The summed E-state index contributed by atoms with van der Waals surface area (Å²) >= 11 is 3.09. The third-order valence-corrected chi connectivity index (χ3v) is 2.62. The summed E-state index contributed by atoms with van der Waals surface area (Å²) in [6.45, 7) is 1.59. The summed E-state index contributed by atoms with van der Waals surface area (Å²) in [6, 6.07) is 6.19. The molecule has 1 rings (SSSR count). The molecule has 0 bridgehead atoms. The maximum absolute atomic E-state index is 11.9. The fourth-order valence-corrected chi connectivity index (χ4v) is 1.68. The second kappa shape index (κ2) is 5.55. The number of carbonyl (C=O) groups excluding carboxylic acids is 1. The number of rotatable bonds is 4. The predicted molar refractivity (Wildman–Crippen MR) is 65.1 cm³/mol. The minimum absolute atomic E-state index is 0.0171. The van der Waals surface area contributed by atoms with Crippen LogP contribution in [-0.4, -0.2) is 15.5 Å². The number of ketones is 1. The van der Waals surface area contributed by atoms with Gasteiger partial charge in [-0.05, 0) is 12.5 Å². The Morgan fingerprint density at radius 3 is 2.76 bits per heavy atom. The SMILES string of the molecule is CC(Br)C(=O)c1c(CC#N)cccc1[N+](=O)[O-]. The minimum Gasteiger partial charge on any atom is -0.293 e. The number of nitro groups is 1. The standard InChI is InChI=1S/C11H9BrN2O3/c1-7(12)11(15)10-8(5-6-13)3-2-4-9(10)14(16)17/h2-4,7H,5H2,1H3. The monoisotopic (exact) mass is 296 g/mol. The van der Waals surface area contributed by atoms with Gasteiger partial charge in [0.15, 0.2) is 5.78 Å². The summed E-state index contributed by atoms with van der Waals surface area (Å²) in [5.41, 5.74) is 0.149. The molecular formula is C11H9BrN2O3. The Hall–Kier alpha value is -1.74. The number of nitrogens with zero attached hydrogens (tertiary/aromatic N) is 2. The first-order valence-electron chi connectivity index (χ1n) is 4.80. The van der Waals surface area contributed by atoms with E-state index in [1.165, 1.54) is 12.1 Å². The molecule has 1 aromatic rings. The molecule has 0 radical (unpaired) electrons. The lowest BCUT2D eigenvalue weighted by molar-refractivity contribution is -0.385. The summed E-state index contributed by atoms with van der Waals surface area (Å²) < 4.78 is 0. The smallest absolute Gasteiger partial charge is 0.280 e. The first kappa shape index (κ1) is 13.3. The average Bonchev–Trinajstić information content (AvgIpc) is 2.28. The molecule has 0 saturated carbocycles. The van der Waals surface area contributed by atoms with Gasteiger partial charge in [0.1, 0.15) is 5.56 Å². The van der Waals surface area contributed by atoms with Crippen molar-refractivity contribution < 1.29 is 9.72 Å². The van der Waals surface area contributed by atoms with E-state index in [1.54, 1.807) is 13.0 Å². The van der Waals surface area contributed by atoms with E-state index in [1.807, 2.05) is 6.07 Å². The van der Waals surface area contributed by atoms with Gasteiger partial charge in [-0.25, -0.2) is 0 Å². The van der Waals surface area contributed by atoms with Crippen molar-refractivity contribution in [2.45, 2.75) is 18.2 Å². The zero-order valence-electron chi connectivity index (χ0n) is 9.01. The summed E-state index contributed by atoms with van der Waals surface area (Å²) in [6.07, 6.45) is -0.0253. The third kappa shape index (κ3) is 2.88. The largest absolute Gasteiger partial charge is 0.293 e. The molecule has 0 fully saturated rings. The first-order chi connectivity index (χ1) is 7.99. The number of Topliss-reactive ketones (excluding diaryl/α,β-unsaturated/α-hetero) is 1. The van der Waals surface area contributed by atoms with E-state index in [2.05, 4.69) is 15.9 Å². The van der Waals surface area contributed by atoms with Gasteiger partial charge in [0.2, 0.25) is 0 Å². The molecule has 0 aliphatic rings. The van der Waals surface area contributed by atoms with E-state index in [4.69, 9.17) is 5.26 Å². The molecule has 0 spiro atoms. The van der Waals surface area contributed by atoms with Gasteiger partial charge in [-0.2, -0.15) is 5.26 Å². The number of hydrogen-bond acceptors (Lipinski definition) is 4. The minimum atomic E-state index is -0.608. The van der Waals surface area contributed by atoms with E-state index < -0.39 is 9.75 Å². The van der Waals surface area contributed by atoms with Crippen LogP contribution in [-0.2, 0) is 6.42 Å². The second-order valence-corrected chi connectivity index (χ2v) is 4.76. The van der Waals surface area contributed by atoms with E-state index >= 15 is 0 Å². The summed E-state index contributed by atoms with van der Waals surface area (Å²) in [5.74, 6) is -0.387. The van der Waals surface area contributed by atoms with Crippen LogP contribution in [0.4, 0.5) is 5.69 Å². The van der Waals surface area contributed by atoms with Crippen LogP contribution < -0.4 is 0 Å². The molecule has 0 aromatic heterocycles. The number of alkyl halides is 1. The molecule has 0 aliphatic heterocycles. The molecule has 0 aliphatic carbocycles. The van der Waals surface area contributed by atoms with Crippen LogP contribution >= 0.6 is 15.9 Å². The summed E-state index contributed by atoms with van der Waals surface area (Å²) in [5, 5.41) is 19.5. The van der Waals surface area contributed by atoms with Gasteiger partial charge in [0.05, 0.1) is 22.2 Å². The van der Waals surface area contributed by atoms with Crippen molar-refractivity contribution in [1.29, 1.82) is 5.26 Å². The van der Waals surface area contributed by atoms with Crippen LogP contribution in [0.5, 0.6) is 0 Å². The van der Waals surface area contributed by atoms with Crippen molar-refractivity contribution in [3.8, 4) is 6.07 Å². The lowest BCUT2D eigenvalue weighted by Crippen LogP contribution is -2.15. The Morgan fingerprint density at radius 1 is 1.65 bits per heavy atom. The molecule has 6 heteroatoms. The molecule has 1 atom stereocenters. The predicted octanol–water partition coefficient (Wildman–Crippen LogP) is 2.63. The van der Waals surface area contributed by atoms with E-state index in [0.29, 0.717) is 5.56 Å². The molecule has 0 N–H and O–H groups in total. The number of hydrogen-bond donors (Lipinski definition) is 0. The molecule has 1 aromatic carbocycles. The van der Waals surface area contributed by atoms with Crippen molar-refractivity contribution in [1.82, 2.24) is 0 Å². The number of benzene rings is 1. The van der Waals surface area contributed by atoms with Gasteiger partial charge in [0, 0.05) is 6.07 Å². The van der Waals surface area contributed by atoms with Crippen LogP contribution in [0.15, 0.2) is 18.2 Å². The average molecular weight is 297 g/mol. The zero-order chi connectivity index (χ0) is 13.0. The highest BCUT2D eigenvalue weighted by molar-refractivity contribution is 9.10. The van der Waals surface area contributed by atoms with Crippen LogP contribution in [0.2, 0.25) is 0 Å². The zero-order valence-corrected chi connectivity index (χ0v) is 10.6. The fourth-order valence-electron chi connectivity index (χ4n) is 1.45. The van der Waals surface area contributed by atoms with E-state index in [9.17, 15) is 14.9 Å². The van der Waals surface area contributed by atoms with Crippen LogP contribution in [0, 0.1) is 21.4 Å². The lowest BCUT2D eigenvalue weighted by atomic mass is 9.98. The second-order valence-electron chi connectivity index (χ2n) is 3.38. The van der Waals surface area contributed by atoms with Gasteiger partial charge >= 0.3 is 0 Å². The highest BCUT2D eigenvalue weighted by Gasteiger charge is 2.25. The quantitative estimate of drug-likeness (QED) is 0.370. The molecular weight excluding hydrogens is 288 g/mol. The fraction of sp³-hybridized carbons (Fsp3) is 0.273. The Bertz CT molecular complexity index is 506. The van der Waals surface area contributed by atoms with Crippen molar-refractivity contribution in [2.24, 2.45) is 0 Å². The maximum Gasteiger partial charge on any atom is 0.280 e. The molecule has 5 nitrogen and oxygen atoms in total. The molecule has 1 unspecified atom stereocenters. The Labute approximate surface area is 106 Å². The van der Waals surface area contributed by atoms with Gasteiger partial charge in [-0.1, -0.05) is 28.1 Å². The number of halogens is 1.